The summed E-state index contributed by atoms with van der Waals surface area (Å²) < 4.78 is 22.0. The minimum Gasteiger partial charge on any atom is -0.502 e. The number of aliphatic carboxylic acids is 2. The Kier molecular flexibility index (Phi) is 9.88. The molecule has 42 heavy (non-hydrogen) atoms. The molecule has 220 valence electrons. The van der Waals surface area contributed by atoms with Crippen LogP contribution in [-0.4, -0.2) is 64.7 Å². The van der Waals surface area contributed by atoms with Gasteiger partial charge in [-0.05, 0) is 73.5 Å². The number of phenols is 1. The second-order valence-corrected chi connectivity index (χ2v) is 9.28. The van der Waals surface area contributed by atoms with Crippen LogP contribution in [0.15, 0.2) is 60.7 Å². The van der Waals surface area contributed by atoms with E-state index < -0.39 is 11.9 Å². The zero-order valence-corrected chi connectivity index (χ0v) is 23.3. The third-order valence-corrected chi connectivity index (χ3v) is 6.34. The number of imidazole rings is 1. The SMILES string of the molecule is COc1cc(-c2nc(-c3ccc(OCCCC(=O)O)cc3)c(-c3ccc(OCCCC(=O)O)cc3)[nH]2)cc(OC)c1O. The molecule has 11 nitrogen and oxygen atoms in total. The van der Waals surface area contributed by atoms with Crippen molar-refractivity contribution in [1.29, 1.82) is 0 Å². The van der Waals surface area contributed by atoms with Gasteiger partial charge in [0.05, 0.1) is 38.8 Å². The van der Waals surface area contributed by atoms with Crippen LogP contribution in [-0.2, 0) is 9.59 Å². The average molecular weight is 577 g/mol. The molecule has 0 radical (unpaired) electrons. The molecular formula is C31H32N2O9. The Balaban J connectivity index is 1.66. The van der Waals surface area contributed by atoms with Crippen molar-refractivity contribution in [2.75, 3.05) is 27.4 Å². The van der Waals surface area contributed by atoms with Crippen LogP contribution in [0.4, 0.5) is 0 Å². The highest BCUT2D eigenvalue weighted by atomic mass is 16.5. The molecular weight excluding hydrogens is 544 g/mol. The van der Waals surface area contributed by atoms with Gasteiger partial charge in [-0.1, -0.05) is 0 Å². The van der Waals surface area contributed by atoms with Gasteiger partial charge >= 0.3 is 11.9 Å². The van der Waals surface area contributed by atoms with Gasteiger partial charge in [0.2, 0.25) is 5.75 Å². The van der Waals surface area contributed by atoms with Crippen molar-refractivity contribution >= 4 is 11.9 Å². The molecule has 0 saturated carbocycles. The van der Waals surface area contributed by atoms with Gasteiger partial charge in [-0.3, -0.25) is 9.59 Å². The fourth-order valence-corrected chi connectivity index (χ4v) is 4.21. The standard InChI is InChI=1S/C31H32N2O9/c1-39-24-17-21(18-25(40-2)30(24)38)31-32-28(19-7-11-22(12-8-19)41-15-3-5-26(34)35)29(33-31)20-9-13-23(14-10-20)42-16-4-6-27(36)37/h7-14,17-18,38H,3-6,15-16H2,1-2H3,(H,32,33)(H,34,35)(H,36,37). The Morgan fingerprint density at radius 1 is 0.738 bits per heavy atom. The highest BCUT2D eigenvalue weighted by Gasteiger charge is 2.19. The molecule has 0 aliphatic rings. The number of carboxylic acid groups (broad SMARTS) is 2. The smallest absolute Gasteiger partial charge is 0.303 e. The van der Waals surface area contributed by atoms with E-state index in [0.29, 0.717) is 54.6 Å². The van der Waals surface area contributed by atoms with E-state index in [0.717, 1.165) is 16.8 Å². The maximum atomic E-state index is 10.7. The summed E-state index contributed by atoms with van der Waals surface area (Å²) >= 11 is 0. The Hall–Kier alpha value is -5.19. The number of hydrogen-bond donors (Lipinski definition) is 4. The van der Waals surface area contributed by atoms with Crippen LogP contribution in [0.25, 0.3) is 33.9 Å². The monoisotopic (exact) mass is 576 g/mol. The molecule has 0 saturated heterocycles. The molecule has 0 aliphatic heterocycles. The number of benzene rings is 3. The molecule has 0 spiro atoms. The van der Waals surface area contributed by atoms with Gasteiger partial charge in [-0.15, -0.1) is 0 Å². The van der Waals surface area contributed by atoms with Crippen LogP contribution in [0.5, 0.6) is 28.7 Å². The molecule has 4 aromatic rings. The molecule has 4 N–H and O–H groups in total. The Morgan fingerprint density at radius 3 is 1.67 bits per heavy atom. The van der Waals surface area contributed by atoms with E-state index in [1.165, 1.54) is 14.2 Å². The van der Waals surface area contributed by atoms with Crippen molar-refractivity contribution in [3.05, 3.63) is 60.7 Å². The number of ether oxygens (including phenoxy) is 4. The van der Waals surface area contributed by atoms with Crippen LogP contribution in [0.2, 0.25) is 0 Å². The van der Waals surface area contributed by atoms with Gasteiger partial charge in [-0.25, -0.2) is 4.98 Å². The minimum absolute atomic E-state index is 0.0382. The molecule has 0 atom stereocenters. The molecule has 0 amide bonds. The maximum Gasteiger partial charge on any atom is 0.303 e. The van der Waals surface area contributed by atoms with Crippen molar-refractivity contribution in [2.24, 2.45) is 0 Å². The van der Waals surface area contributed by atoms with E-state index >= 15 is 0 Å². The first kappa shape index (κ1) is 29.8. The van der Waals surface area contributed by atoms with E-state index in [9.17, 15) is 14.7 Å². The summed E-state index contributed by atoms with van der Waals surface area (Å²) in [5.41, 5.74) is 3.64. The molecule has 1 heterocycles. The Morgan fingerprint density at radius 2 is 1.21 bits per heavy atom. The summed E-state index contributed by atoms with van der Waals surface area (Å²) in [6.07, 6.45) is 0.889. The number of carboxylic acids is 2. The highest BCUT2D eigenvalue weighted by molar-refractivity contribution is 5.82. The number of nitrogens with zero attached hydrogens (tertiary/aromatic N) is 1. The second kappa shape index (κ2) is 13.9. The third kappa shape index (κ3) is 7.51. The highest BCUT2D eigenvalue weighted by Crippen LogP contribution is 2.41. The number of rotatable bonds is 15. The summed E-state index contributed by atoms with van der Waals surface area (Å²) in [5.74, 6) is 0.362. The van der Waals surface area contributed by atoms with Crippen LogP contribution in [0.3, 0.4) is 0 Å². The molecule has 0 unspecified atom stereocenters. The van der Waals surface area contributed by atoms with Crippen LogP contribution >= 0.6 is 0 Å². The molecule has 1 aromatic heterocycles. The number of hydrogen-bond acceptors (Lipinski definition) is 8. The summed E-state index contributed by atoms with van der Waals surface area (Å²) in [6, 6.07) is 18.0. The number of aromatic hydroxyl groups is 1. The maximum absolute atomic E-state index is 10.7. The van der Waals surface area contributed by atoms with E-state index in [4.69, 9.17) is 34.1 Å². The third-order valence-electron chi connectivity index (χ3n) is 6.34. The lowest BCUT2D eigenvalue weighted by atomic mass is 10.0. The quantitative estimate of drug-likeness (QED) is 0.131. The fraction of sp³-hybridized carbons (Fsp3) is 0.258. The van der Waals surface area contributed by atoms with Crippen molar-refractivity contribution in [3.8, 4) is 62.7 Å². The lowest BCUT2D eigenvalue weighted by Gasteiger charge is -2.10. The van der Waals surface area contributed by atoms with E-state index in [2.05, 4.69) is 4.98 Å². The van der Waals surface area contributed by atoms with Crippen molar-refractivity contribution in [2.45, 2.75) is 25.7 Å². The first-order valence-electron chi connectivity index (χ1n) is 13.2. The largest absolute Gasteiger partial charge is 0.502 e. The number of carbonyl (C=O) groups is 2. The molecule has 3 aromatic carbocycles. The van der Waals surface area contributed by atoms with Crippen molar-refractivity contribution in [3.63, 3.8) is 0 Å². The normalized spacial score (nSPS) is 10.7. The number of phenolic OH excluding ortho intramolecular Hbond substituents is 1. The zero-order chi connectivity index (χ0) is 30.1. The average Bonchev–Trinajstić information content (AvgIpc) is 3.43. The van der Waals surface area contributed by atoms with E-state index in [1.807, 2.05) is 24.3 Å². The summed E-state index contributed by atoms with van der Waals surface area (Å²) in [4.78, 5) is 29.8. The summed E-state index contributed by atoms with van der Waals surface area (Å²) in [5, 5.41) is 28.0. The van der Waals surface area contributed by atoms with Gasteiger partial charge in [0, 0.05) is 29.5 Å². The summed E-state index contributed by atoms with van der Waals surface area (Å²) in [7, 11) is 2.90. The fourth-order valence-electron chi connectivity index (χ4n) is 4.21. The number of nitrogens with one attached hydrogen (secondary N) is 1. The van der Waals surface area contributed by atoms with Crippen molar-refractivity contribution in [1.82, 2.24) is 9.97 Å². The number of aromatic amines is 1. The first-order valence-corrected chi connectivity index (χ1v) is 13.2. The lowest BCUT2D eigenvalue weighted by Crippen LogP contribution is -2.02. The van der Waals surface area contributed by atoms with Crippen LogP contribution in [0.1, 0.15) is 25.7 Å². The van der Waals surface area contributed by atoms with E-state index in [-0.39, 0.29) is 30.1 Å². The second-order valence-electron chi connectivity index (χ2n) is 9.28. The van der Waals surface area contributed by atoms with Gasteiger partial charge in [0.25, 0.3) is 0 Å². The molecule has 0 bridgehead atoms. The van der Waals surface area contributed by atoms with Crippen LogP contribution in [0, 0.1) is 0 Å². The van der Waals surface area contributed by atoms with Gasteiger partial charge in [0.15, 0.2) is 11.5 Å². The molecule has 4 rings (SSSR count). The molecule has 11 heteroatoms. The Labute approximate surface area is 242 Å². The summed E-state index contributed by atoms with van der Waals surface area (Å²) in [6.45, 7) is 0.582. The predicted molar refractivity (Wildman–Crippen MR) is 154 cm³/mol. The van der Waals surface area contributed by atoms with E-state index in [1.54, 1.807) is 36.4 Å². The number of aromatic nitrogens is 2. The van der Waals surface area contributed by atoms with Crippen molar-refractivity contribution < 1.29 is 43.9 Å². The number of H-pyrrole nitrogens is 1. The zero-order valence-electron chi connectivity index (χ0n) is 23.3. The van der Waals surface area contributed by atoms with Gasteiger partial charge < -0.3 is 39.3 Å². The number of methoxy groups -OCH3 is 2. The molecule has 0 fully saturated rings. The van der Waals surface area contributed by atoms with Gasteiger partial charge in [-0.2, -0.15) is 0 Å². The first-order chi connectivity index (χ1) is 20.3. The Bertz CT molecular complexity index is 1400. The predicted octanol–water partition coefficient (Wildman–Crippen LogP) is 5.62. The van der Waals surface area contributed by atoms with Crippen LogP contribution < -0.4 is 18.9 Å². The molecule has 0 aliphatic carbocycles. The minimum atomic E-state index is -0.863. The van der Waals surface area contributed by atoms with Gasteiger partial charge in [0.1, 0.15) is 17.3 Å². The lowest BCUT2D eigenvalue weighted by molar-refractivity contribution is -0.138. The topological polar surface area (TPSA) is 160 Å².